The Balaban J connectivity index is 2.11. The molecular weight excluding hydrogens is 224 g/mol. The molecule has 0 spiro atoms. The molecule has 0 saturated carbocycles. The molecule has 4 heteroatoms. The Kier molecular flexibility index (Phi) is 3.56. The average molecular weight is 241 g/mol. The van der Waals surface area contributed by atoms with E-state index in [1.165, 1.54) is 0 Å². The van der Waals surface area contributed by atoms with Gasteiger partial charge in [-0.1, -0.05) is 17.7 Å². The maximum Gasteiger partial charge on any atom is 0.0741 e. The predicted molar refractivity (Wildman–Crippen MR) is 67.9 cm³/mol. The van der Waals surface area contributed by atoms with Gasteiger partial charge in [-0.2, -0.15) is 0 Å². The standard InChI is InChI=1S/C12H17ClN2O/c13-10-2-1-3-11(12(10)14)15-6-4-9(8-15)5-7-16/h1-3,9,16H,4-8,14H2. The van der Waals surface area contributed by atoms with Gasteiger partial charge in [0.2, 0.25) is 0 Å². The van der Waals surface area contributed by atoms with Gasteiger partial charge in [0.25, 0.3) is 0 Å². The van der Waals surface area contributed by atoms with E-state index in [1.54, 1.807) is 0 Å². The van der Waals surface area contributed by atoms with Crippen molar-refractivity contribution in [3.05, 3.63) is 23.2 Å². The molecule has 2 rings (SSSR count). The van der Waals surface area contributed by atoms with Crippen LogP contribution in [0.25, 0.3) is 0 Å². The van der Waals surface area contributed by atoms with E-state index >= 15 is 0 Å². The van der Waals surface area contributed by atoms with Gasteiger partial charge >= 0.3 is 0 Å². The Morgan fingerprint density at radius 3 is 3.06 bits per heavy atom. The Bertz CT molecular complexity index is 370. The number of nitrogens with zero attached hydrogens (tertiary/aromatic N) is 1. The van der Waals surface area contributed by atoms with Gasteiger partial charge in [0.15, 0.2) is 0 Å². The number of hydrogen-bond donors (Lipinski definition) is 2. The van der Waals surface area contributed by atoms with E-state index in [1.807, 2.05) is 18.2 Å². The third-order valence-electron chi connectivity index (χ3n) is 3.19. The van der Waals surface area contributed by atoms with Crippen molar-refractivity contribution in [2.45, 2.75) is 12.8 Å². The van der Waals surface area contributed by atoms with Crippen LogP contribution < -0.4 is 10.6 Å². The monoisotopic (exact) mass is 240 g/mol. The van der Waals surface area contributed by atoms with E-state index < -0.39 is 0 Å². The molecule has 88 valence electrons. The summed E-state index contributed by atoms with van der Waals surface area (Å²) in [6, 6.07) is 5.73. The molecule has 1 aliphatic rings. The fraction of sp³-hybridized carbons (Fsp3) is 0.500. The average Bonchev–Trinajstić information content (AvgIpc) is 2.71. The largest absolute Gasteiger partial charge is 0.396 e. The molecule has 0 aliphatic carbocycles. The number of rotatable bonds is 3. The van der Waals surface area contributed by atoms with Crippen LogP contribution in [-0.4, -0.2) is 24.8 Å². The second-order valence-corrected chi connectivity index (χ2v) is 4.69. The maximum atomic E-state index is 8.92. The lowest BCUT2D eigenvalue weighted by molar-refractivity contribution is 0.263. The van der Waals surface area contributed by atoms with Crippen molar-refractivity contribution < 1.29 is 5.11 Å². The highest BCUT2D eigenvalue weighted by Gasteiger charge is 2.23. The zero-order valence-corrected chi connectivity index (χ0v) is 9.95. The van der Waals surface area contributed by atoms with Crippen molar-refractivity contribution in [1.82, 2.24) is 0 Å². The maximum absolute atomic E-state index is 8.92. The predicted octanol–water partition coefficient (Wildman–Crippen LogP) is 2.13. The van der Waals surface area contributed by atoms with E-state index in [0.717, 1.165) is 31.6 Å². The molecule has 0 amide bonds. The molecule has 1 aromatic carbocycles. The van der Waals surface area contributed by atoms with Gasteiger partial charge in [-0.3, -0.25) is 0 Å². The lowest BCUT2D eigenvalue weighted by Crippen LogP contribution is -2.21. The van der Waals surface area contributed by atoms with Gasteiger partial charge in [-0.05, 0) is 30.9 Å². The molecular formula is C12H17ClN2O. The number of nitrogens with two attached hydrogens (primary N) is 1. The Hall–Kier alpha value is -0.930. The summed E-state index contributed by atoms with van der Waals surface area (Å²) in [6.45, 7) is 2.23. The number of para-hydroxylation sites is 1. The summed E-state index contributed by atoms with van der Waals surface area (Å²) in [5, 5.41) is 9.53. The van der Waals surface area contributed by atoms with E-state index in [2.05, 4.69) is 4.90 Å². The van der Waals surface area contributed by atoms with Crippen LogP contribution >= 0.6 is 11.6 Å². The molecule has 3 N–H and O–H groups in total. The minimum absolute atomic E-state index is 0.267. The SMILES string of the molecule is Nc1c(Cl)cccc1N1CCC(CCO)C1. The molecule has 0 bridgehead atoms. The van der Waals surface area contributed by atoms with Crippen molar-refractivity contribution >= 4 is 23.0 Å². The molecule has 1 atom stereocenters. The second-order valence-electron chi connectivity index (χ2n) is 4.29. The van der Waals surface area contributed by atoms with Crippen LogP contribution in [0.2, 0.25) is 5.02 Å². The third-order valence-corrected chi connectivity index (χ3v) is 3.52. The van der Waals surface area contributed by atoms with Crippen LogP contribution in [0.3, 0.4) is 0 Å². The molecule has 1 unspecified atom stereocenters. The van der Waals surface area contributed by atoms with Crippen LogP contribution in [0.5, 0.6) is 0 Å². The van der Waals surface area contributed by atoms with Crippen molar-refractivity contribution in [2.24, 2.45) is 5.92 Å². The highest BCUT2D eigenvalue weighted by Crippen LogP contribution is 2.33. The quantitative estimate of drug-likeness (QED) is 0.796. The van der Waals surface area contributed by atoms with E-state index in [0.29, 0.717) is 16.6 Å². The topological polar surface area (TPSA) is 49.5 Å². The normalized spacial score (nSPS) is 20.4. The number of nitrogen functional groups attached to an aromatic ring is 1. The first-order valence-corrected chi connectivity index (χ1v) is 6.00. The van der Waals surface area contributed by atoms with Gasteiger partial charge in [-0.25, -0.2) is 0 Å². The molecule has 0 aromatic heterocycles. The number of hydrogen-bond acceptors (Lipinski definition) is 3. The lowest BCUT2D eigenvalue weighted by Gasteiger charge is -2.21. The molecule has 16 heavy (non-hydrogen) atoms. The van der Waals surface area contributed by atoms with Crippen molar-refractivity contribution in [1.29, 1.82) is 0 Å². The second kappa shape index (κ2) is 4.93. The minimum Gasteiger partial charge on any atom is -0.396 e. The van der Waals surface area contributed by atoms with Gasteiger partial charge < -0.3 is 15.7 Å². The summed E-state index contributed by atoms with van der Waals surface area (Å²) in [5.74, 6) is 0.573. The number of anilines is 2. The van der Waals surface area contributed by atoms with Gasteiger partial charge in [0, 0.05) is 19.7 Å². The van der Waals surface area contributed by atoms with Gasteiger partial charge in [-0.15, -0.1) is 0 Å². The fourth-order valence-corrected chi connectivity index (χ4v) is 2.44. The lowest BCUT2D eigenvalue weighted by atomic mass is 10.1. The molecule has 1 aliphatic heterocycles. The highest BCUT2D eigenvalue weighted by molar-refractivity contribution is 6.33. The van der Waals surface area contributed by atoms with Crippen LogP contribution in [0.4, 0.5) is 11.4 Å². The Morgan fingerprint density at radius 1 is 1.50 bits per heavy atom. The summed E-state index contributed by atoms with van der Waals surface area (Å²) in [5.41, 5.74) is 7.64. The van der Waals surface area contributed by atoms with Crippen molar-refractivity contribution in [2.75, 3.05) is 30.3 Å². The minimum atomic E-state index is 0.267. The van der Waals surface area contributed by atoms with E-state index in [4.69, 9.17) is 22.4 Å². The van der Waals surface area contributed by atoms with Crippen LogP contribution in [0, 0.1) is 5.92 Å². The smallest absolute Gasteiger partial charge is 0.0741 e. The summed E-state index contributed by atoms with van der Waals surface area (Å²) in [4.78, 5) is 2.25. The van der Waals surface area contributed by atoms with Crippen LogP contribution in [-0.2, 0) is 0 Å². The zero-order valence-electron chi connectivity index (χ0n) is 9.19. The molecule has 1 saturated heterocycles. The molecule has 3 nitrogen and oxygen atoms in total. The molecule has 0 radical (unpaired) electrons. The zero-order chi connectivity index (χ0) is 11.5. The number of benzene rings is 1. The van der Waals surface area contributed by atoms with E-state index in [-0.39, 0.29) is 6.61 Å². The number of aliphatic hydroxyl groups excluding tert-OH is 1. The Labute approximate surface area is 101 Å². The number of aliphatic hydroxyl groups is 1. The summed E-state index contributed by atoms with van der Waals surface area (Å²) >= 11 is 6.00. The molecule has 1 aromatic rings. The Morgan fingerprint density at radius 2 is 2.31 bits per heavy atom. The summed E-state index contributed by atoms with van der Waals surface area (Å²) in [7, 11) is 0. The van der Waals surface area contributed by atoms with E-state index in [9.17, 15) is 0 Å². The summed E-state index contributed by atoms with van der Waals surface area (Å²) < 4.78 is 0. The molecule has 1 heterocycles. The van der Waals surface area contributed by atoms with Gasteiger partial charge in [0.05, 0.1) is 16.4 Å². The fourth-order valence-electron chi connectivity index (χ4n) is 2.27. The summed E-state index contributed by atoms with van der Waals surface area (Å²) in [6.07, 6.45) is 1.99. The van der Waals surface area contributed by atoms with Gasteiger partial charge in [0.1, 0.15) is 0 Å². The first kappa shape index (κ1) is 11.6. The highest BCUT2D eigenvalue weighted by atomic mass is 35.5. The third kappa shape index (κ3) is 2.25. The molecule has 1 fully saturated rings. The van der Waals surface area contributed by atoms with Crippen LogP contribution in [0.15, 0.2) is 18.2 Å². The van der Waals surface area contributed by atoms with Crippen LogP contribution in [0.1, 0.15) is 12.8 Å². The number of halogens is 1. The first-order chi connectivity index (χ1) is 7.72. The van der Waals surface area contributed by atoms with Crippen molar-refractivity contribution in [3.63, 3.8) is 0 Å². The first-order valence-electron chi connectivity index (χ1n) is 5.62. The van der Waals surface area contributed by atoms with Crippen molar-refractivity contribution in [3.8, 4) is 0 Å².